The summed E-state index contributed by atoms with van der Waals surface area (Å²) < 4.78 is 0. The summed E-state index contributed by atoms with van der Waals surface area (Å²) in [6.07, 6.45) is 0. The standard InChI is InChI=1S/C12H13N3O/c1-2-14-12(16)10-7-6-8-4-3-5-9(13)11(8)15-10/h3-7H,2,13H2,1H3,(H,14,16). The van der Waals surface area contributed by atoms with E-state index in [0.29, 0.717) is 23.4 Å². The Kier molecular flexibility index (Phi) is 2.72. The molecule has 4 heteroatoms. The van der Waals surface area contributed by atoms with Crippen LogP contribution in [-0.2, 0) is 0 Å². The Morgan fingerprint density at radius 3 is 2.94 bits per heavy atom. The van der Waals surface area contributed by atoms with Crippen LogP contribution in [-0.4, -0.2) is 17.4 Å². The lowest BCUT2D eigenvalue weighted by Crippen LogP contribution is -2.23. The summed E-state index contributed by atoms with van der Waals surface area (Å²) in [5.74, 6) is -0.173. The van der Waals surface area contributed by atoms with Crippen molar-refractivity contribution in [1.29, 1.82) is 0 Å². The predicted octanol–water partition coefficient (Wildman–Crippen LogP) is 1.57. The first-order valence-electron chi connectivity index (χ1n) is 5.16. The molecule has 0 saturated heterocycles. The van der Waals surface area contributed by atoms with Crippen LogP contribution >= 0.6 is 0 Å². The molecule has 0 aliphatic carbocycles. The Morgan fingerprint density at radius 1 is 1.38 bits per heavy atom. The largest absolute Gasteiger partial charge is 0.397 e. The summed E-state index contributed by atoms with van der Waals surface area (Å²) in [6, 6.07) is 9.11. The average molecular weight is 215 g/mol. The fraction of sp³-hybridized carbons (Fsp3) is 0.167. The zero-order chi connectivity index (χ0) is 11.5. The number of aromatic nitrogens is 1. The number of pyridine rings is 1. The van der Waals surface area contributed by atoms with Gasteiger partial charge in [-0.25, -0.2) is 4.98 Å². The Hall–Kier alpha value is -2.10. The van der Waals surface area contributed by atoms with Gasteiger partial charge in [-0.05, 0) is 19.1 Å². The average Bonchev–Trinajstić information content (AvgIpc) is 2.29. The van der Waals surface area contributed by atoms with E-state index in [4.69, 9.17) is 5.73 Å². The molecule has 0 fully saturated rings. The number of para-hydroxylation sites is 1. The third-order valence-electron chi connectivity index (χ3n) is 2.32. The Morgan fingerprint density at radius 2 is 2.19 bits per heavy atom. The first-order valence-corrected chi connectivity index (χ1v) is 5.16. The maximum absolute atomic E-state index is 11.6. The molecule has 0 bridgehead atoms. The van der Waals surface area contributed by atoms with Crippen LogP contribution in [0.2, 0.25) is 0 Å². The predicted molar refractivity (Wildman–Crippen MR) is 64.2 cm³/mol. The van der Waals surface area contributed by atoms with Crippen molar-refractivity contribution in [2.24, 2.45) is 0 Å². The van der Waals surface area contributed by atoms with Crippen LogP contribution in [0.1, 0.15) is 17.4 Å². The zero-order valence-electron chi connectivity index (χ0n) is 9.03. The molecule has 16 heavy (non-hydrogen) atoms. The Bertz CT molecular complexity index is 537. The van der Waals surface area contributed by atoms with Crippen molar-refractivity contribution in [3.63, 3.8) is 0 Å². The van der Waals surface area contributed by atoms with E-state index in [1.165, 1.54) is 0 Å². The van der Waals surface area contributed by atoms with E-state index in [9.17, 15) is 4.79 Å². The second kappa shape index (κ2) is 4.18. The van der Waals surface area contributed by atoms with Crippen molar-refractivity contribution >= 4 is 22.5 Å². The molecule has 0 spiro atoms. The zero-order valence-corrected chi connectivity index (χ0v) is 9.03. The van der Waals surface area contributed by atoms with E-state index in [-0.39, 0.29) is 5.91 Å². The number of rotatable bonds is 2. The number of amides is 1. The highest BCUT2D eigenvalue weighted by molar-refractivity contribution is 5.97. The fourth-order valence-electron chi connectivity index (χ4n) is 1.55. The maximum atomic E-state index is 11.6. The van der Waals surface area contributed by atoms with Crippen molar-refractivity contribution in [3.05, 3.63) is 36.0 Å². The molecule has 1 heterocycles. The number of nitrogens with one attached hydrogen (secondary N) is 1. The van der Waals surface area contributed by atoms with Gasteiger partial charge in [0.05, 0.1) is 11.2 Å². The number of nitrogens with zero attached hydrogens (tertiary/aromatic N) is 1. The number of fused-ring (bicyclic) bond motifs is 1. The van der Waals surface area contributed by atoms with Crippen molar-refractivity contribution in [2.75, 3.05) is 12.3 Å². The quantitative estimate of drug-likeness (QED) is 0.747. The molecule has 1 amide bonds. The van der Waals surface area contributed by atoms with Crippen LogP contribution in [0.15, 0.2) is 30.3 Å². The van der Waals surface area contributed by atoms with Crippen LogP contribution in [0.25, 0.3) is 10.9 Å². The van der Waals surface area contributed by atoms with E-state index in [0.717, 1.165) is 5.39 Å². The lowest BCUT2D eigenvalue weighted by atomic mass is 10.1. The number of nitrogen functional groups attached to an aromatic ring is 1. The van der Waals surface area contributed by atoms with Crippen molar-refractivity contribution < 1.29 is 4.79 Å². The summed E-state index contributed by atoms with van der Waals surface area (Å²) in [6.45, 7) is 2.45. The van der Waals surface area contributed by atoms with Gasteiger partial charge in [0.15, 0.2) is 0 Å². The minimum Gasteiger partial charge on any atom is -0.397 e. The molecular weight excluding hydrogens is 202 g/mol. The number of nitrogens with two attached hydrogens (primary N) is 1. The van der Waals surface area contributed by atoms with Crippen LogP contribution in [0.5, 0.6) is 0 Å². The second-order valence-corrected chi connectivity index (χ2v) is 3.47. The molecule has 3 N–H and O–H groups in total. The lowest BCUT2D eigenvalue weighted by molar-refractivity contribution is 0.0951. The van der Waals surface area contributed by atoms with Crippen molar-refractivity contribution in [1.82, 2.24) is 10.3 Å². The van der Waals surface area contributed by atoms with E-state index in [1.54, 1.807) is 12.1 Å². The molecule has 0 unspecified atom stereocenters. The molecule has 4 nitrogen and oxygen atoms in total. The number of hydrogen-bond acceptors (Lipinski definition) is 3. The van der Waals surface area contributed by atoms with E-state index >= 15 is 0 Å². The third kappa shape index (κ3) is 1.82. The topological polar surface area (TPSA) is 68.0 Å². The highest BCUT2D eigenvalue weighted by atomic mass is 16.1. The minimum absolute atomic E-state index is 0.173. The monoisotopic (exact) mass is 215 g/mol. The molecule has 0 atom stereocenters. The van der Waals surface area contributed by atoms with Crippen molar-refractivity contribution in [2.45, 2.75) is 6.92 Å². The first-order chi connectivity index (χ1) is 7.72. The molecule has 0 radical (unpaired) electrons. The summed E-state index contributed by atoms with van der Waals surface area (Å²) >= 11 is 0. The molecule has 1 aromatic heterocycles. The van der Waals surface area contributed by atoms with Gasteiger partial charge in [0.25, 0.3) is 5.91 Å². The first kappa shape index (κ1) is 10.4. The van der Waals surface area contributed by atoms with Crippen LogP contribution in [0.3, 0.4) is 0 Å². The highest BCUT2D eigenvalue weighted by Crippen LogP contribution is 2.18. The molecular formula is C12H13N3O. The Balaban J connectivity index is 2.51. The SMILES string of the molecule is CCNC(=O)c1ccc2cccc(N)c2n1. The maximum Gasteiger partial charge on any atom is 0.269 e. The highest BCUT2D eigenvalue weighted by Gasteiger charge is 2.07. The van der Waals surface area contributed by atoms with E-state index < -0.39 is 0 Å². The summed E-state index contributed by atoms with van der Waals surface area (Å²) in [4.78, 5) is 15.8. The molecule has 0 saturated carbocycles. The van der Waals surface area contributed by atoms with Crippen LogP contribution in [0.4, 0.5) is 5.69 Å². The summed E-state index contributed by atoms with van der Waals surface area (Å²) in [5, 5.41) is 3.64. The number of benzene rings is 1. The van der Waals surface area contributed by atoms with Crippen molar-refractivity contribution in [3.8, 4) is 0 Å². The van der Waals surface area contributed by atoms with E-state index in [2.05, 4.69) is 10.3 Å². The third-order valence-corrected chi connectivity index (χ3v) is 2.32. The normalized spacial score (nSPS) is 10.3. The number of carbonyl (C=O) groups is 1. The molecule has 0 aliphatic rings. The van der Waals surface area contributed by atoms with Gasteiger partial charge in [0, 0.05) is 11.9 Å². The van der Waals surface area contributed by atoms with Crippen LogP contribution < -0.4 is 11.1 Å². The Labute approximate surface area is 93.5 Å². The summed E-state index contributed by atoms with van der Waals surface area (Å²) in [5.41, 5.74) is 7.46. The number of anilines is 1. The van der Waals surface area contributed by atoms with Gasteiger partial charge in [0.2, 0.25) is 0 Å². The van der Waals surface area contributed by atoms with E-state index in [1.807, 2.05) is 25.1 Å². The summed E-state index contributed by atoms with van der Waals surface area (Å²) in [7, 11) is 0. The molecule has 1 aromatic carbocycles. The lowest BCUT2D eigenvalue weighted by Gasteiger charge is -2.04. The second-order valence-electron chi connectivity index (χ2n) is 3.47. The minimum atomic E-state index is -0.173. The van der Waals surface area contributed by atoms with Gasteiger partial charge in [-0.2, -0.15) is 0 Å². The molecule has 0 aliphatic heterocycles. The fourth-order valence-corrected chi connectivity index (χ4v) is 1.55. The number of carbonyl (C=O) groups excluding carboxylic acids is 1. The van der Waals surface area contributed by atoms with Gasteiger partial charge >= 0.3 is 0 Å². The van der Waals surface area contributed by atoms with Gasteiger partial charge in [-0.3, -0.25) is 4.79 Å². The van der Waals surface area contributed by atoms with Gasteiger partial charge in [-0.1, -0.05) is 18.2 Å². The van der Waals surface area contributed by atoms with Crippen LogP contribution in [0, 0.1) is 0 Å². The molecule has 82 valence electrons. The smallest absolute Gasteiger partial charge is 0.269 e. The molecule has 2 aromatic rings. The van der Waals surface area contributed by atoms with Gasteiger partial charge < -0.3 is 11.1 Å². The molecule has 2 rings (SSSR count). The number of hydrogen-bond donors (Lipinski definition) is 2. The van der Waals surface area contributed by atoms with Gasteiger partial charge in [0.1, 0.15) is 5.69 Å². The van der Waals surface area contributed by atoms with Gasteiger partial charge in [-0.15, -0.1) is 0 Å².